The molecular weight excluding hydrogens is 368 g/mol. The number of rotatable bonds is 4. The largest absolute Gasteiger partial charge is 0.467 e. The van der Waals surface area contributed by atoms with Gasteiger partial charge in [-0.15, -0.1) is 10.2 Å². The molecule has 5 heterocycles. The minimum absolute atomic E-state index is 0.0161. The van der Waals surface area contributed by atoms with Gasteiger partial charge in [-0.3, -0.25) is 9.20 Å². The number of hydrogen-bond acceptors (Lipinski definition) is 5. The molecule has 2 fully saturated rings. The van der Waals surface area contributed by atoms with E-state index in [4.69, 9.17) is 9.15 Å². The molecule has 29 heavy (non-hydrogen) atoms. The molecule has 1 amide bonds. The van der Waals surface area contributed by atoms with Gasteiger partial charge >= 0.3 is 0 Å². The van der Waals surface area contributed by atoms with Crippen LogP contribution in [0.3, 0.4) is 0 Å². The minimum atomic E-state index is -0.0628. The second kappa shape index (κ2) is 6.99. The SMILES string of the molecule is CC(C)Cc1nnc2c(C(=O)N3CC4(CCOCC4)C3c3ccco3)cccn12. The van der Waals surface area contributed by atoms with Crippen LogP contribution in [0.2, 0.25) is 0 Å². The average Bonchev–Trinajstić information content (AvgIpc) is 3.36. The molecular formula is C22H26N4O3. The second-order valence-corrected chi connectivity index (χ2v) is 8.66. The third-order valence-corrected chi connectivity index (χ3v) is 6.27. The van der Waals surface area contributed by atoms with Gasteiger partial charge in [-0.25, -0.2) is 0 Å². The Morgan fingerprint density at radius 1 is 1.24 bits per heavy atom. The number of amides is 1. The maximum Gasteiger partial charge on any atom is 0.258 e. The van der Waals surface area contributed by atoms with Crippen molar-refractivity contribution in [1.82, 2.24) is 19.5 Å². The predicted molar refractivity (Wildman–Crippen MR) is 107 cm³/mol. The maximum atomic E-state index is 13.6. The fraction of sp³-hybridized carbons (Fsp3) is 0.500. The summed E-state index contributed by atoms with van der Waals surface area (Å²) >= 11 is 0. The fourth-order valence-corrected chi connectivity index (χ4v) is 4.83. The molecule has 1 spiro atoms. The lowest BCUT2D eigenvalue weighted by Gasteiger charge is -2.58. The van der Waals surface area contributed by atoms with Crippen molar-refractivity contribution in [3.05, 3.63) is 53.9 Å². The molecule has 1 unspecified atom stereocenters. The molecule has 152 valence electrons. The molecule has 2 aliphatic heterocycles. The Balaban J connectivity index is 1.50. The van der Waals surface area contributed by atoms with Crippen molar-refractivity contribution >= 4 is 11.6 Å². The highest BCUT2D eigenvalue weighted by molar-refractivity contribution is 6.00. The van der Waals surface area contributed by atoms with E-state index in [9.17, 15) is 4.79 Å². The molecule has 7 nitrogen and oxygen atoms in total. The lowest BCUT2D eigenvalue weighted by molar-refractivity contribution is -0.121. The molecule has 2 saturated heterocycles. The number of ether oxygens (including phenoxy) is 1. The van der Waals surface area contributed by atoms with E-state index in [0.29, 0.717) is 23.7 Å². The van der Waals surface area contributed by atoms with Gasteiger partial charge in [0.15, 0.2) is 5.65 Å². The van der Waals surface area contributed by atoms with Crippen LogP contribution in [-0.4, -0.2) is 45.2 Å². The molecule has 3 aromatic heterocycles. The van der Waals surface area contributed by atoms with Crippen LogP contribution in [-0.2, 0) is 11.2 Å². The van der Waals surface area contributed by atoms with Gasteiger partial charge in [0, 0.05) is 37.8 Å². The molecule has 2 aliphatic rings. The first-order valence-corrected chi connectivity index (χ1v) is 10.3. The first-order chi connectivity index (χ1) is 14.1. The average molecular weight is 394 g/mol. The Morgan fingerprint density at radius 3 is 2.79 bits per heavy atom. The number of carbonyl (C=O) groups is 1. The topological polar surface area (TPSA) is 72.9 Å². The standard InChI is InChI=1S/C22H26N4O3/c1-15(2)13-18-23-24-20-16(5-3-9-25(18)20)21(27)26-14-22(7-11-28-12-8-22)19(26)17-6-4-10-29-17/h3-6,9-10,15,19H,7-8,11-14H2,1-2H3. The van der Waals surface area contributed by atoms with Crippen molar-refractivity contribution in [2.75, 3.05) is 19.8 Å². The van der Waals surface area contributed by atoms with E-state index in [1.807, 2.05) is 39.8 Å². The number of furan rings is 1. The van der Waals surface area contributed by atoms with Crippen molar-refractivity contribution in [2.24, 2.45) is 11.3 Å². The van der Waals surface area contributed by atoms with Crippen LogP contribution in [0.1, 0.15) is 54.7 Å². The third kappa shape index (κ3) is 2.95. The zero-order chi connectivity index (χ0) is 20.0. The molecule has 0 bridgehead atoms. The Morgan fingerprint density at radius 2 is 2.07 bits per heavy atom. The van der Waals surface area contributed by atoms with Crippen LogP contribution < -0.4 is 0 Å². The summed E-state index contributed by atoms with van der Waals surface area (Å²) in [6.07, 6.45) is 6.32. The molecule has 7 heteroatoms. The molecule has 0 saturated carbocycles. The van der Waals surface area contributed by atoms with Crippen molar-refractivity contribution in [2.45, 2.75) is 39.2 Å². The van der Waals surface area contributed by atoms with Crippen molar-refractivity contribution < 1.29 is 13.9 Å². The number of likely N-dealkylation sites (tertiary alicyclic amines) is 1. The number of aromatic nitrogens is 3. The van der Waals surface area contributed by atoms with Gasteiger partial charge in [0.1, 0.15) is 11.6 Å². The molecule has 0 aliphatic carbocycles. The summed E-state index contributed by atoms with van der Waals surface area (Å²) < 4.78 is 13.3. The first-order valence-electron chi connectivity index (χ1n) is 10.3. The number of hydrogen-bond donors (Lipinski definition) is 0. The Labute approximate surface area is 169 Å². The van der Waals surface area contributed by atoms with Gasteiger partial charge in [-0.1, -0.05) is 13.8 Å². The fourth-order valence-electron chi connectivity index (χ4n) is 4.83. The van der Waals surface area contributed by atoms with Crippen LogP contribution in [0.5, 0.6) is 0 Å². The van der Waals surface area contributed by atoms with Crippen molar-refractivity contribution in [3.63, 3.8) is 0 Å². The summed E-state index contributed by atoms with van der Waals surface area (Å²) in [5.41, 5.74) is 1.25. The van der Waals surface area contributed by atoms with Crippen molar-refractivity contribution in [1.29, 1.82) is 0 Å². The van der Waals surface area contributed by atoms with Crippen molar-refractivity contribution in [3.8, 4) is 0 Å². The van der Waals surface area contributed by atoms with Crippen LogP contribution in [0.25, 0.3) is 5.65 Å². The summed E-state index contributed by atoms with van der Waals surface area (Å²) in [5, 5.41) is 8.69. The quantitative estimate of drug-likeness (QED) is 0.677. The number of fused-ring (bicyclic) bond motifs is 1. The number of pyridine rings is 1. The van der Waals surface area contributed by atoms with Crippen LogP contribution in [0.15, 0.2) is 41.1 Å². The zero-order valence-corrected chi connectivity index (χ0v) is 16.9. The summed E-state index contributed by atoms with van der Waals surface area (Å²) in [5.74, 6) is 2.18. The first kappa shape index (κ1) is 18.4. The molecule has 3 aromatic rings. The highest BCUT2D eigenvalue weighted by Crippen LogP contribution is 2.55. The molecule has 5 rings (SSSR count). The summed E-state index contributed by atoms with van der Waals surface area (Å²) in [4.78, 5) is 15.5. The highest BCUT2D eigenvalue weighted by atomic mass is 16.5. The Hall–Kier alpha value is -2.67. The van der Waals surface area contributed by atoms with Gasteiger partial charge in [-0.2, -0.15) is 0 Å². The van der Waals surface area contributed by atoms with E-state index in [0.717, 1.165) is 44.1 Å². The van der Waals surface area contributed by atoms with E-state index in [1.165, 1.54) is 0 Å². The van der Waals surface area contributed by atoms with Crippen LogP contribution >= 0.6 is 0 Å². The van der Waals surface area contributed by atoms with Gasteiger partial charge < -0.3 is 14.1 Å². The molecule has 1 atom stereocenters. The third-order valence-electron chi connectivity index (χ3n) is 6.27. The predicted octanol–water partition coefficient (Wildman–Crippen LogP) is 3.51. The number of nitrogens with zero attached hydrogens (tertiary/aromatic N) is 4. The van der Waals surface area contributed by atoms with E-state index < -0.39 is 0 Å². The van der Waals surface area contributed by atoms with Gasteiger partial charge in [-0.05, 0) is 43.0 Å². The van der Waals surface area contributed by atoms with Gasteiger partial charge in [0.2, 0.25) is 0 Å². The summed E-state index contributed by atoms with van der Waals surface area (Å²) in [7, 11) is 0. The maximum absolute atomic E-state index is 13.6. The van der Waals surface area contributed by atoms with E-state index >= 15 is 0 Å². The number of carbonyl (C=O) groups excluding carboxylic acids is 1. The summed E-state index contributed by atoms with van der Waals surface area (Å²) in [6.45, 7) is 6.48. The smallest absolute Gasteiger partial charge is 0.258 e. The Kier molecular flexibility index (Phi) is 4.42. The summed E-state index contributed by atoms with van der Waals surface area (Å²) in [6, 6.07) is 7.55. The monoisotopic (exact) mass is 394 g/mol. The van der Waals surface area contributed by atoms with E-state index in [-0.39, 0.29) is 17.4 Å². The van der Waals surface area contributed by atoms with E-state index in [1.54, 1.807) is 6.26 Å². The highest BCUT2D eigenvalue weighted by Gasteiger charge is 2.56. The normalized spacial score (nSPS) is 21.1. The minimum Gasteiger partial charge on any atom is -0.467 e. The second-order valence-electron chi connectivity index (χ2n) is 8.66. The lowest BCUT2D eigenvalue weighted by Crippen LogP contribution is -2.62. The van der Waals surface area contributed by atoms with E-state index in [2.05, 4.69) is 24.0 Å². The molecule has 0 aromatic carbocycles. The van der Waals surface area contributed by atoms with Gasteiger partial charge in [0.05, 0.1) is 17.9 Å². The zero-order valence-electron chi connectivity index (χ0n) is 16.9. The molecule has 0 radical (unpaired) electrons. The van der Waals surface area contributed by atoms with Crippen LogP contribution in [0, 0.1) is 11.3 Å². The lowest BCUT2D eigenvalue weighted by atomic mass is 9.65. The van der Waals surface area contributed by atoms with Crippen LogP contribution in [0.4, 0.5) is 0 Å². The van der Waals surface area contributed by atoms with Gasteiger partial charge in [0.25, 0.3) is 5.91 Å². The Bertz CT molecular complexity index is 1020. The molecule has 0 N–H and O–H groups in total.